The quantitative estimate of drug-likeness (QED) is 0.220. The van der Waals surface area contributed by atoms with Gasteiger partial charge in [-0.05, 0) is 47.8 Å². The summed E-state index contributed by atoms with van der Waals surface area (Å²) in [6.07, 6.45) is -4.89. The van der Waals surface area contributed by atoms with E-state index in [9.17, 15) is 44.7 Å². The van der Waals surface area contributed by atoms with Gasteiger partial charge in [0.1, 0.15) is 5.82 Å². The van der Waals surface area contributed by atoms with Crippen molar-refractivity contribution in [3.05, 3.63) is 35.3 Å². The first kappa shape index (κ1) is 37.4. The third-order valence-electron chi connectivity index (χ3n) is 6.74. The Morgan fingerprint density at radius 1 is 1.02 bits per heavy atom. The standard InChI is InChI=1S/C20H19F5N6O4.C5H9F3O.C3H6/c21-19(22)5-11(6-19)4-15(32)26-7-10-1-2-12-13(3-10)29-14(28-12)8-27-17(33)16-18(31-35-30-16)34-9-20(23,24)25;1-4(2,9-3)5(6,7)8;1-2-3-1/h1-3,11H,4-9H2,(H,26,32)(H,27,33)(H,28,29);1-3H3;1-3H2. The molecule has 3 aromatic rings. The van der Waals surface area contributed by atoms with E-state index in [-0.39, 0.29) is 44.2 Å². The van der Waals surface area contributed by atoms with Crippen LogP contribution in [-0.2, 0) is 22.6 Å². The Morgan fingerprint density at radius 3 is 2.21 bits per heavy atom. The molecule has 19 heteroatoms. The summed E-state index contributed by atoms with van der Waals surface area (Å²) in [7, 11) is 1.04. The molecule has 0 spiro atoms. The van der Waals surface area contributed by atoms with Crippen LogP contribution in [0.1, 0.15) is 74.2 Å². The minimum absolute atomic E-state index is 0.0513. The van der Waals surface area contributed by atoms with Crippen molar-refractivity contribution in [1.29, 1.82) is 0 Å². The third kappa shape index (κ3) is 12.3. The molecule has 2 aliphatic rings. The molecule has 0 saturated heterocycles. The summed E-state index contributed by atoms with van der Waals surface area (Å²) in [6.45, 7) is 0.379. The van der Waals surface area contributed by atoms with Gasteiger partial charge in [0, 0.05) is 32.9 Å². The molecule has 5 rings (SSSR count). The fraction of sp³-hybridized carbons (Fsp3) is 0.607. The number of methoxy groups -OCH3 is 1. The lowest BCUT2D eigenvalue weighted by Gasteiger charge is -2.34. The number of aromatic nitrogens is 4. The molecule has 0 radical (unpaired) electrons. The Hall–Kier alpha value is -4.03. The molecule has 11 nitrogen and oxygen atoms in total. The van der Waals surface area contributed by atoms with Crippen LogP contribution in [0.4, 0.5) is 35.1 Å². The van der Waals surface area contributed by atoms with Crippen molar-refractivity contribution in [3.63, 3.8) is 0 Å². The second-order valence-corrected chi connectivity index (χ2v) is 11.4. The van der Waals surface area contributed by atoms with Crippen molar-refractivity contribution < 1.29 is 58.8 Å². The fourth-order valence-electron chi connectivity index (χ4n) is 3.70. The highest BCUT2D eigenvalue weighted by Crippen LogP contribution is 2.44. The van der Waals surface area contributed by atoms with Crippen molar-refractivity contribution in [2.24, 2.45) is 5.92 Å². The highest BCUT2D eigenvalue weighted by Gasteiger charge is 2.47. The van der Waals surface area contributed by atoms with Crippen LogP contribution in [-0.4, -0.2) is 69.7 Å². The van der Waals surface area contributed by atoms with Crippen molar-refractivity contribution >= 4 is 22.8 Å². The number of H-pyrrole nitrogens is 1. The molecule has 262 valence electrons. The van der Waals surface area contributed by atoms with E-state index in [1.807, 2.05) is 0 Å². The zero-order valence-corrected chi connectivity index (χ0v) is 25.6. The molecule has 2 amide bonds. The maximum absolute atomic E-state index is 12.9. The second-order valence-electron chi connectivity index (χ2n) is 11.4. The number of benzene rings is 1. The van der Waals surface area contributed by atoms with E-state index >= 15 is 0 Å². The lowest BCUT2D eigenvalue weighted by molar-refractivity contribution is -0.255. The molecule has 0 atom stereocenters. The summed E-state index contributed by atoms with van der Waals surface area (Å²) >= 11 is 0. The average molecular weight is 687 g/mol. The first-order valence-corrected chi connectivity index (χ1v) is 14.3. The van der Waals surface area contributed by atoms with E-state index in [4.69, 9.17) is 0 Å². The summed E-state index contributed by atoms with van der Waals surface area (Å²) in [5.41, 5.74) is -0.652. The SMILES string of the molecule is C1CC1.COC(C)(C)C(F)(F)F.O=C(CC1CC(F)(F)C1)NCc1ccc2nc(CNC(=O)c3nonc3OCC(F)(F)F)[nH]c2c1. The van der Waals surface area contributed by atoms with Gasteiger partial charge < -0.3 is 25.1 Å². The highest BCUT2D eigenvalue weighted by atomic mass is 19.4. The number of nitrogens with one attached hydrogen (secondary N) is 3. The van der Waals surface area contributed by atoms with Crippen LogP contribution in [0.2, 0.25) is 0 Å². The predicted molar refractivity (Wildman–Crippen MR) is 148 cm³/mol. The molecule has 47 heavy (non-hydrogen) atoms. The van der Waals surface area contributed by atoms with E-state index < -0.39 is 48.0 Å². The summed E-state index contributed by atoms with van der Waals surface area (Å²) in [6, 6.07) is 5.15. The predicted octanol–water partition coefficient (Wildman–Crippen LogP) is 6.01. The molecule has 2 aliphatic carbocycles. The third-order valence-corrected chi connectivity index (χ3v) is 6.74. The number of imidazole rings is 1. The van der Waals surface area contributed by atoms with Gasteiger partial charge in [-0.1, -0.05) is 25.3 Å². The number of carbonyl (C=O) groups is 2. The lowest BCUT2D eigenvalue weighted by atomic mass is 9.79. The highest BCUT2D eigenvalue weighted by molar-refractivity contribution is 5.94. The number of rotatable bonds is 10. The number of alkyl halides is 8. The first-order chi connectivity index (χ1) is 21.8. The number of aromatic amines is 1. The number of carbonyl (C=O) groups excluding carboxylic acids is 2. The molecule has 2 heterocycles. The van der Waals surface area contributed by atoms with Crippen LogP contribution in [0.15, 0.2) is 22.8 Å². The van der Waals surface area contributed by atoms with Crippen LogP contribution < -0.4 is 15.4 Å². The normalized spacial score (nSPS) is 15.8. The molecule has 2 fully saturated rings. The number of halogens is 8. The second kappa shape index (κ2) is 15.2. The minimum Gasteiger partial charge on any atom is -0.464 e. The summed E-state index contributed by atoms with van der Waals surface area (Å²) in [5, 5.41) is 11.5. The van der Waals surface area contributed by atoms with Gasteiger partial charge in [-0.2, -0.15) is 26.3 Å². The van der Waals surface area contributed by atoms with E-state index in [0.717, 1.165) is 26.5 Å². The number of hydrogen-bond donors (Lipinski definition) is 3. The summed E-state index contributed by atoms with van der Waals surface area (Å²) in [4.78, 5) is 31.5. The number of amides is 2. The van der Waals surface area contributed by atoms with Gasteiger partial charge >= 0.3 is 12.4 Å². The van der Waals surface area contributed by atoms with E-state index in [1.54, 1.807) is 18.2 Å². The van der Waals surface area contributed by atoms with Gasteiger partial charge in [0.05, 0.1) is 17.6 Å². The van der Waals surface area contributed by atoms with Crippen LogP contribution in [0.5, 0.6) is 5.88 Å². The maximum Gasteiger partial charge on any atom is 0.422 e. The van der Waals surface area contributed by atoms with Crippen molar-refractivity contribution in [2.75, 3.05) is 13.7 Å². The van der Waals surface area contributed by atoms with Gasteiger partial charge in [0.25, 0.3) is 11.8 Å². The molecular weight excluding hydrogens is 652 g/mol. The Kier molecular flexibility index (Phi) is 12.1. The van der Waals surface area contributed by atoms with Gasteiger partial charge in [-0.25, -0.2) is 18.4 Å². The Labute approximate surface area is 263 Å². The summed E-state index contributed by atoms with van der Waals surface area (Å²) in [5.74, 6) is -4.51. The number of hydrogen-bond acceptors (Lipinski definition) is 8. The van der Waals surface area contributed by atoms with E-state index in [0.29, 0.717) is 16.9 Å². The van der Waals surface area contributed by atoms with Crippen molar-refractivity contribution in [1.82, 2.24) is 30.9 Å². The van der Waals surface area contributed by atoms with Crippen molar-refractivity contribution in [3.8, 4) is 5.88 Å². The molecular formula is C28H34F8N6O5. The number of ether oxygens (including phenoxy) is 2. The van der Waals surface area contributed by atoms with Crippen LogP contribution in [0.3, 0.4) is 0 Å². The zero-order chi connectivity index (χ0) is 35.0. The van der Waals surface area contributed by atoms with E-state index in [2.05, 4.69) is 45.0 Å². The van der Waals surface area contributed by atoms with Gasteiger partial charge in [0.2, 0.25) is 17.5 Å². The zero-order valence-electron chi connectivity index (χ0n) is 25.6. The lowest BCUT2D eigenvalue weighted by Crippen LogP contribution is -2.40. The van der Waals surface area contributed by atoms with Crippen molar-refractivity contribution in [2.45, 2.75) is 89.3 Å². The Bertz CT molecular complexity index is 1480. The van der Waals surface area contributed by atoms with Gasteiger partial charge in [0.15, 0.2) is 12.2 Å². The van der Waals surface area contributed by atoms with Gasteiger partial charge in [-0.3, -0.25) is 9.59 Å². The number of nitrogens with zero attached hydrogens (tertiary/aromatic N) is 3. The number of fused-ring (bicyclic) bond motifs is 1. The topological polar surface area (TPSA) is 144 Å². The van der Waals surface area contributed by atoms with Crippen LogP contribution >= 0.6 is 0 Å². The summed E-state index contributed by atoms with van der Waals surface area (Å²) < 4.78 is 111. The molecule has 0 aliphatic heterocycles. The molecule has 2 aromatic heterocycles. The molecule has 1 aromatic carbocycles. The molecule has 0 unspecified atom stereocenters. The largest absolute Gasteiger partial charge is 0.464 e. The van der Waals surface area contributed by atoms with Crippen LogP contribution in [0.25, 0.3) is 11.0 Å². The fourth-order valence-corrected chi connectivity index (χ4v) is 3.70. The first-order valence-electron chi connectivity index (χ1n) is 14.3. The average Bonchev–Trinajstić information content (AvgIpc) is 3.67. The Morgan fingerprint density at radius 2 is 1.68 bits per heavy atom. The molecule has 0 bridgehead atoms. The molecule has 3 N–H and O–H groups in total. The van der Waals surface area contributed by atoms with Gasteiger partial charge in [-0.15, -0.1) is 0 Å². The monoisotopic (exact) mass is 686 g/mol. The van der Waals surface area contributed by atoms with E-state index in [1.165, 1.54) is 19.3 Å². The Balaban J connectivity index is 0.000000422. The minimum atomic E-state index is -4.63. The van der Waals surface area contributed by atoms with Crippen LogP contribution in [0, 0.1) is 5.92 Å². The maximum atomic E-state index is 12.9. The molecule has 2 saturated carbocycles. The smallest absolute Gasteiger partial charge is 0.422 e.